The van der Waals surface area contributed by atoms with E-state index in [4.69, 9.17) is 4.42 Å². The number of fused-ring (bicyclic) bond motifs is 1. The van der Waals surface area contributed by atoms with Crippen LogP contribution >= 0.6 is 11.3 Å². The van der Waals surface area contributed by atoms with Crippen LogP contribution in [-0.4, -0.2) is 19.8 Å². The minimum absolute atomic E-state index is 0.631. The van der Waals surface area contributed by atoms with Crippen LogP contribution in [0.15, 0.2) is 22.8 Å². The lowest BCUT2D eigenvalue weighted by Crippen LogP contribution is -2.08. The first-order chi connectivity index (χ1) is 8.42. The number of hydrogen-bond donors (Lipinski definition) is 0. The van der Waals surface area contributed by atoms with E-state index >= 15 is 0 Å². The van der Waals surface area contributed by atoms with Gasteiger partial charge in [-0.15, -0.1) is 10.2 Å². The highest BCUT2D eigenvalue weighted by molar-refractivity contribution is 7.16. The van der Waals surface area contributed by atoms with Gasteiger partial charge in [-0.25, -0.2) is 0 Å². The fraction of sp³-hybridized carbons (Fsp3) is 0.364. The SMILES string of the molecule is c1coc(-c2nnc3sc(C4CCC4)nn23)c1. The number of nitrogens with zero attached hydrogens (tertiary/aromatic N) is 4. The number of aromatic nitrogens is 4. The maximum Gasteiger partial charge on any atom is 0.235 e. The second-order valence-corrected chi connectivity index (χ2v) is 5.25. The van der Waals surface area contributed by atoms with E-state index in [2.05, 4.69) is 15.3 Å². The van der Waals surface area contributed by atoms with Crippen LogP contribution in [0.3, 0.4) is 0 Å². The summed E-state index contributed by atoms with van der Waals surface area (Å²) in [5.74, 6) is 2.03. The number of hydrogen-bond acceptors (Lipinski definition) is 5. The minimum atomic E-state index is 0.631. The highest BCUT2D eigenvalue weighted by atomic mass is 32.1. The molecule has 0 radical (unpaired) electrons. The molecule has 0 unspecified atom stereocenters. The van der Waals surface area contributed by atoms with E-state index in [1.807, 2.05) is 12.1 Å². The van der Waals surface area contributed by atoms with Crippen LogP contribution in [0.1, 0.15) is 30.2 Å². The van der Waals surface area contributed by atoms with E-state index in [1.165, 1.54) is 24.3 Å². The zero-order valence-corrected chi connectivity index (χ0v) is 9.85. The van der Waals surface area contributed by atoms with Crippen LogP contribution in [0.5, 0.6) is 0 Å². The topological polar surface area (TPSA) is 56.2 Å². The van der Waals surface area contributed by atoms with Gasteiger partial charge >= 0.3 is 0 Å². The summed E-state index contributed by atoms with van der Waals surface area (Å²) < 4.78 is 7.13. The first-order valence-electron chi connectivity index (χ1n) is 5.68. The van der Waals surface area contributed by atoms with Crippen molar-refractivity contribution in [1.82, 2.24) is 19.8 Å². The number of furan rings is 1. The average Bonchev–Trinajstić information content (AvgIpc) is 2.86. The molecule has 1 aliphatic carbocycles. The van der Waals surface area contributed by atoms with Gasteiger partial charge in [0.1, 0.15) is 5.01 Å². The normalized spacial score (nSPS) is 16.5. The van der Waals surface area contributed by atoms with E-state index in [0.717, 1.165) is 4.96 Å². The lowest BCUT2D eigenvalue weighted by Gasteiger charge is -2.21. The molecule has 17 heavy (non-hydrogen) atoms. The van der Waals surface area contributed by atoms with Crippen molar-refractivity contribution in [2.24, 2.45) is 0 Å². The molecule has 0 aliphatic heterocycles. The lowest BCUT2D eigenvalue weighted by molar-refractivity contribution is 0.415. The Morgan fingerprint density at radius 1 is 1.35 bits per heavy atom. The van der Waals surface area contributed by atoms with Gasteiger partial charge in [-0.2, -0.15) is 9.61 Å². The van der Waals surface area contributed by atoms with Gasteiger partial charge in [-0.05, 0) is 25.0 Å². The predicted molar refractivity (Wildman–Crippen MR) is 63.0 cm³/mol. The summed E-state index contributed by atoms with van der Waals surface area (Å²) in [4.78, 5) is 0.846. The quantitative estimate of drug-likeness (QED) is 0.697. The van der Waals surface area contributed by atoms with Crippen molar-refractivity contribution in [1.29, 1.82) is 0 Å². The molecule has 5 nitrogen and oxygen atoms in total. The van der Waals surface area contributed by atoms with Gasteiger partial charge in [0.25, 0.3) is 0 Å². The minimum Gasteiger partial charge on any atom is -0.461 e. The Bertz CT molecular complexity index is 650. The second-order valence-electron chi connectivity index (χ2n) is 4.26. The lowest BCUT2D eigenvalue weighted by atomic mass is 9.86. The van der Waals surface area contributed by atoms with Crippen LogP contribution in [0.4, 0.5) is 0 Å². The molecule has 0 saturated heterocycles. The summed E-state index contributed by atoms with van der Waals surface area (Å²) >= 11 is 1.64. The Hall–Kier alpha value is -1.69. The maximum atomic E-state index is 5.34. The summed E-state index contributed by atoms with van der Waals surface area (Å²) in [6, 6.07) is 3.72. The van der Waals surface area contributed by atoms with Gasteiger partial charge in [0, 0.05) is 5.92 Å². The highest BCUT2D eigenvalue weighted by Gasteiger charge is 2.25. The second kappa shape index (κ2) is 3.40. The maximum absolute atomic E-state index is 5.34. The van der Waals surface area contributed by atoms with E-state index in [1.54, 1.807) is 22.1 Å². The Morgan fingerprint density at radius 2 is 2.29 bits per heavy atom. The predicted octanol–water partition coefficient (Wildman–Crippen LogP) is 2.71. The van der Waals surface area contributed by atoms with Crippen LogP contribution in [-0.2, 0) is 0 Å². The van der Waals surface area contributed by atoms with Crippen molar-refractivity contribution < 1.29 is 4.42 Å². The Balaban J connectivity index is 1.85. The molecule has 1 aliphatic rings. The van der Waals surface area contributed by atoms with E-state index in [-0.39, 0.29) is 0 Å². The summed E-state index contributed by atoms with van der Waals surface area (Å²) in [7, 11) is 0. The van der Waals surface area contributed by atoms with Crippen LogP contribution in [0.25, 0.3) is 16.5 Å². The summed E-state index contributed by atoms with van der Waals surface area (Å²) in [5.41, 5.74) is 0. The summed E-state index contributed by atoms with van der Waals surface area (Å²) in [6.07, 6.45) is 5.45. The first kappa shape index (κ1) is 9.35. The molecule has 3 heterocycles. The first-order valence-corrected chi connectivity index (χ1v) is 6.49. The monoisotopic (exact) mass is 246 g/mol. The van der Waals surface area contributed by atoms with Gasteiger partial charge in [-0.3, -0.25) is 0 Å². The largest absolute Gasteiger partial charge is 0.461 e. The molecule has 0 N–H and O–H groups in total. The highest BCUT2D eigenvalue weighted by Crippen LogP contribution is 2.38. The molecule has 3 aromatic rings. The molecule has 0 atom stereocenters. The standard InChI is InChI=1S/C11H10N4OS/c1-3-7(4-1)10-14-15-9(8-5-2-6-16-8)12-13-11(15)17-10/h2,5-7H,1,3-4H2. The number of rotatable bonds is 2. The molecule has 4 rings (SSSR count). The van der Waals surface area contributed by atoms with Crippen molar-refractivity contribution in [2.75, 3.05) is 0 Å². The smallest absolute Gasteiger partial charge is 0.235 e. The van der Waals surface area contributed by atoms with Gasteiger partial charge in [-0.1, -0.05) is 17.8 Å². The van der Waals surface area contributed by atoms with E-state index in [0.29, 0.717) is 17.5 Å². The molecule has 1 fully saturated rings. The van der Waals surface area contributed by atoms with Crippen molar-refractivity contribution in [3.8, 4) is 11.6 Å². The van der Waals surface area contributed by atoms with Gasteiger partial charge in [0.2, 0.25) is 10.8 Å². The third-order valence-corrected chi connectivity index (χ3v) is 4.26. The Kier molecular flexibility index (Phi) is 1.87. The zero-order chi connectivity index (χ0) is 11.2. The molecule has 86 valence electrons. The molecule has 0 aromatic carbocycles. The molecular weight excluding hydrogens is 236 g/mol. The fourth-order valence-corrected chi connectivity index (χ4v) is 3.02. The van der Waals surface area contributed by atoms with Crippen LogP contribution in [0.2, 0.25) is 0 Å². The third-order valence-electron chi connectivity index (χ3n) is 3.20. The molecule has 3 aromatic heterocycles. The van der Waals surface area contributed by atoms with E-state index in [9.17, 15) is 0 Å². The average molecular weight is 246 g/mol. The van der Waals surface area contributed by atoms with Gasteiger partial charge in [0.15, 0.2) is 5.76 Å². The van der Waals surface area contributed by atoms with E-state index < -0.39 is 0 Å². The van der Waals surface area contributed by atoms with Crippen LogP contribution in [0, 0.1) is 0 Å². The molecular formula is C11H10N4OS. The third kappa shape index (κ3) is 1.33. The van der Waals surface area contributed by atoms with Crippen molar-refractivity contribution in [3.05, 3.63) is 23.4 Å². The summed E-state index contributed by atoms with van der Waals surface area (Å²) in [5, 5.41) is 14.0. The molecule has 0 spiro atoms. The van der Waals surface area contributed by atoms with Gasteiger partial charge < -0.3 is 4.42 Å². The molecule has 6 heteroatoms. The Morgan fingerprint density at radius 3 is 3.00 bits per heavy atom. The Labute approximate surface area is 101 Å². The van der Waals surface area contributed by atoms with Crippen molar-refractivity contribution in [3.63, 3.8) is 0 Å². The molecule has 0 amide bonds. The van der Waals surface area contributed by atoms with Gasteiger partial charge in [0.05, 0.1) is 6.26 Å². The van der Waals surface area contributed by atoms with Crippen molar-refractivity contribution in [2.45, 2.75) is 25.2 Å². The molecule has 0 bridgehead atoms. The van der Waals surface area contributed by atoms with Crippen molar-refractivity contribution >= 4 is 16.3 Å². The zero-order valence-electron chi connectivity index (χ0n) is 9.04. The summed E-state index contributed by atoms with van der Waals surface area (Å²) in [6.45, 7) is 0. The molecule has 1 saturated carbocycles. The van der Waals surface area contributed by atoms with Crippen LogP contribution < -0.4 is 0 Å². The fourth-order valence-electron chi connectivity index (χ4n) is 2.01.